The van der Waals surface area contributed by atoms with Crippen LogP contribution in [0.5, 0.6) is 0 Å². The van der Waals surface area contributed by atoms with Crippen molar-refractivity contribution < 1.29 is 0 Å². The summed E-state index contributed by atoms with van der Waals surface area (Å²) in [7, 11) is 2.19. The summed E-state index contributed by atoms with van der Waals surface area (Å²) in [5.74, 6) is 0. The van der Waals surface area contributed by atoms with Gasteiger partial charge in [0.25, 0.3) is 0 Å². The highest BCUT2D eigenvalue weighted by molar-refractivity contribution is 6.35. The molecule has 0 aromatic heterocycles. The number of halogens is 2. The van der Waals surface area contributed by atoms with Crippen molar-refractivity contribution in [3.05, 3.63) is 28.2 Å². The zero-order valence-electron chi connectivity index (χ0n) is 10.0. The Kier molecular flexibility index (Phi) is 4.55. The van der Waals surface area contributed by atoms with E-state index in [2.05, 4.69) is 17.3 Å². The lowest BCUT2D eigenvalue weighted by Crippen LogP contribution is -2.40. The van der Waals surface area contributed by atoms with E-state index in [4.69, 9.17) is 23.2 Å². The molecule has 2 nitrogen and oxygen atoms in total. The molecule has 1 heterocycles. The molecule has 1 fully saturated rings. The third-order valence-corrected chi connectivity index (χ3v) is 3.94. The molecule has 0 bridgehead atoms. The van der Waals surface area contributed by atoms with Crippen LogP contribution < -0.4 is 5.32 Å². The second kappa shape index (κ2) is 5.94. The Hall–Kier alpha value is -0.440. The standard InChI is InChI=1S/C13H18Cl2N2/c1-17-7-3-2-4-11(17)9-16-13-8-10(14)5-6-12(13)15/h5-6,8,11,16H,2-4,7,9H2,1H3. The van der Waals surface area contributed by atoms with E-state index in [1.54, 1.807) is 0 Å². The Morgan fingerprint density at radius 3 is 2.94 bits per heavy atom. The number of likely N-dealkylation sites (N-methyl/N-ethyl adjacent to an activating group) is 1. The van der Waals surface area contributed by atoms with E-state index in [1.807, 2.05) is 18.2 Å². The first-order valence-electron chi connectivity index (χ1n) is 6.06. The van der Waals surface area contributed by atoms with Gasteiger partial charge in [-0.3, -0.25) is 0 Å². The van der Waals surface area contributed by atoms with E-state index in [1.165, 1.54) is 25.8 Å². The van der Waals surface area contributed by atoms with Gasteiger partial charge in [-0.1, -0.05) is 29.6 Å². The van der Waals surface area contributed by atoms with Crippen molar-refractivity contribution in [1.82, 2.24) is 4.90 Å². The van der Waals surface area contributed by atoms with Crippen LogP contribution in [-0.2, 0) is 0 Å². The summed E-state index contributed by atoms with van der Waals surface area (Å²) in [5.41, 5.74) is 0.929. The molecule has 1 unspecified atom stereocenters. The Morgan fingerprint density at radius 1 is 1.35 bits per heavy atom. The number of anilines is 1. The minimum absolute atomic E-state index is 0.596. The van der Waals surface area contributed by atoms with Gasteiger partial charge in [0.05, 0.1) is 10.7 Å². The molecule has 1 N–H and O–H groups in total. The van der Waals surface area contributed by atoms with Crippen LogP contribution in [0.25, 0.3) is 0 Å². The summed E-state index contributed by atoms with van der Waals surface area (Å²) < 4.78 is 0. The maximum atomic E-state index is 6.12. The van der Waals surface area contributed by atoms with Crippen molar-refractivity contribution >= 4 is 28.9 Å². The van der Waals surface area contributed by atoms with E-state index in [0.717, 1.165) is 17.3 Å². The fraction of sp³-hybridized carbons (Fsp3) is 0.538. The molecule has 1 atom stereocenters. The highest BCUT2D eigenvalue weighted by Gasteiger charge is 2.18. The van der Waals surface area contributed by atoms with E-state index >= 15 is 0 Å². The van der Waals surface area contributed by atoms with E-state index in [9.17, 15) is 0 Å². The van der Waals surface area contributed by atoms with Gasteiger partial charge in [-0.15, -0.1) is 0 Å². The molecule has 1 aliphatic rings. The van der Waals surface area contributed by atoms with Gasteiger partial charge in [0, 0.05) is 17.6 Å². The van der Waals surface area contributed by atoms with Gasteiger partial charge >= 0.3 is 0 Å². The number of hydrogen-bond donors (Lipinski definition) is 1. The van der Waals surface area contributed by atoms with Crippen molar-refractivity contribution in [3.63, 3.8) is 0 Å². The third kappa shape index (κ3) is 3.51. The average Bonchev–Trinajstić information content (AvgIpc) is 2.32. The van der Waals surface area contributed by atoms with Gasteiger partial charge in [-0.05, 0) is 44.6 Å². The van der Waals surface area contributed by atoms with Gasteiger partial charge in [-0.2, -0.15) is 0 Å². The molecule has 0 amide bonds. The molecule has 1 saturated heterocycles. The maximum absolute atomic E-state index is 6.12. The predicted octanol–water partition coefficient (Wildman–Crippen LogP) is 3.89. The van der Waals surface area contributed by atoms with Crippen molar-refractivity contribution in [3.8, 4) is 0 Å². The van der Waals surface area contributed by atoms with Crippen LogP contribution in [0, 0.1) is 0 Å². The number of rotatable bonds is 3. The van der Waals surface area contributed by atoms with Crippen LogP contribution in [0.3, 0.4) is 0 Å². The van der Waals surface area contributed by atoms with Crippen LogP contribution in [0.2, 0.25) is 10.0 Å². The van der Waals surface area contributed by atoms with Crippen LogP contribution in [0.4, 0.5) is 5.69 Å². The second-order valence-corrected chi connectivity index (χ2v) is 5.48. The Labute approximate surface area is 113 Å². The van der Waals surface area contributed by atoms with Gasteiger partial charge in [0.2, 0.25) is 0 Å². The summed E-state index contributed by atoms with van der Waals surface area (Å²) in [6, 6.07) is 6.12. The van der Waals surface area contributed by atoms with Crippen LogP contribution in [0.1, 0.15) is 19.3 Å². The van der Waals surface area contributed by atoms with Crippen LogP contribution in [0.15, 0.2) is 18.2 Å². The highest BCUT2D eigenvalue weighted by Crippen LogP contribution is 2.26. The maximum Gasteiger partial charge on any atom is 0.0638 e. The fourth-order valence-corrected chi connectivity index (χ4v) is 2.62. The molecule has 1 aromatic rings. The summed E-state index contributed by atoms with van der Waals surface area (Å²) in [6.07, 6.45) is 3.88. The average molecular weight is 273 g/mol. The molecule has 1 aliphatic heterocycles. The van der Waals surface area contributed by atoms with E-state index in [0.29, 0.717) is 11.1 Å². The largest absolute Gasteiger partial charge is 0.382 e. The summed E-state index contributed by atoms with van der Waals surface area (Å²) in [4.78, 5) is 2.41. The first kappa shape index (κ1) is 13.0. The quantitative estimate of drug-likeness (QED) is 0.898. The zero-order valence-corrected chi connectivity index (χ0v) is 11.6. The summed E-state index contributed by atoms with van der Waals surface area (Å²) in [5, 5.41) is 4.84. The minimum atomic E-state index is 0.596. The SMILES string of the molecule is CN1CCCCC1CNc1cc(Cl)ccc1Cl. The number of nitrogens with zero attached hydrogens (tertiary/aromatic N) is 1. The molecule has 4 heteroatoms. The smallest absolute Gasteiger partial charge is 0.0638 e. The number of hydrogen-bond acceptors (Lipinski definition) is 2. The normalized spacial score (nSPS) is 21.5. The summed E-state index contributed by atoms with van der Waals surface area (Å²) in [6.45, 7) is 2.12. The van der Waals surface area contributed by atoms with Crippen LogP contribution in [-0.4, -0.2) is 31.1 Å². The highest BCUT2D eigenvalue weighted by atomic mass is 35.5. The molecular weight excluding hydrogens is 255 g/mol. The Balaban J connectivity index is 1.94. The predicted molar refractivity (Wildman–Crippen MR) is 75.2 cm³/mol. The number of nitrogens with one attached hydrogen (secondary N) is 1. The molecule has 1 aromatic carbocycles. The van der Waals surface area contributed by atoms with Crippen molar-refractivity contribution in [1.29, 1.82) is 0 Å². The minimum Gasteiger partial charge on any atom is -0.382 e. The van der Waals surface area contributed by atoms with Crippen molar-refractivity contribution in [2.24, 2.45) is 0 Å². The monoisotopic (exact) mass is 272 g/mol. The molecular formula is C13H18Cl2N2. The topological polar surface area (TPSA) is 15.3 Å². The number of piperidine rings is 1. The van der Waals surface area contributed by atoms with Crippen LogP contribution >= 0.6 is 23.2 Å². The molecule has 94 valence electrons. The van der Waals surface area contributed by atoms with E-state index in [-0.39, 0.29) is 0 Å². The molecule has 2 rings (SSSR count). The third-order valence-electron chi connectivity index (χ3n) is 3.38. The molecule has 0 saturated carbocycles. The van der Waals surface area contributed by atoms with Gasteiger partial charge in [0.15, 0.2) is 0 Å². The van der Waals surface area contributed by atoms with Gasteiger partial charge in [0.1, 0.15) is 0 Å². The lowest BCUT2D eigenvalue weighted by atomic mass is 10.0. The first-order chi connectivity index (χ1) is 8.16. The number of benzene rings is 1. The Bertz CT molecular complexity index is 382. The molecule has 0 spiro atoms. The molecule has 17 heavy (non-hydrogen) atoms. The lowest BCUT2D eigenvalue weighted by molar-refractivity contribution is 0.194. The second-order valence-electron chi connectivity index (χ2n) is 4.64. The zero-order chi connectivity index (χ0) is 12.3. The molecule has 0 radical (unpaired) electrons. The Morgan fingerprint density at radius 2 is 2.18 bits per heavy atom. The van der Waals surface area contributed by atoms with Gasteiger partial charge in [-0.25, -0.2) is 0 Å². The molecule has 0 aliphatic carbocycles. The van der Waals surface area contributed by atoms with Gasteiger partial charge < -0.3 is 10.2 Å². The summed E-state index contributed by atoms with van der Waals surface area (Å²) >= 11 is 12.1. The van der Waals surface area contributed by atoms with E-state index < -0.39 is 0 Å². The lowest BCUT2D eigenvalue weighted by Gasteiger charge is -2.32. The number of likely N-dealkylation sites (tertiary alicyclic amines) is 1. The van der Waals surface area contributed by atoms with Crippen molar-refractivity contribution in [2.45, 2.75) is 25.3 Å². The fourth-order valence-electron chi connectivity index (χ4n) is 2.26. The first-order valence-corrected chi connectivity index (χ1v) is 6.81. The van der Waals surface area contributed by atoms with Crippen molar-refractivity contribution in [2.75, 3.05) is 25.5 Å².